The number of pyridine rings is 1. The van der Waals surface area contributed by atoms with Gasteiger partial charge in [0.15, 0.2) is 11.6 Å². The summed E-state index contributed by atoms with van der Waals surface area (Å²) in [4.78, 5) is 9.06. The Morgan fingerprint density at radius 3 is 2.66 bits per heavy atom. The average molecular weight is 413 g/mol. The van der Waals surface area contributed by atoms with Crippen molar-refractivity contribution in [3.05, 3.63) is 53.4 Å². The normalized spacial score (nSPS) is 15.4. The molecule has 1 aliphatic rings. The number of phenolic OH excluding ortho intramolecular Hbond substituents is 1. The van der Waals surface area contributed by atoms with E-state index in [0.717, 1.165) is 54.6 Å². The summed E-state index contributed by atoms with van der Waals surface area (Å²) in [6.07, 6.45) is 4.02. The molecular weight excluding hydrogens is 389 g/mol. The number of halogens is 2. The van der Waals surface area contributed by atoms with Gasteiger partial charge in [-0.2, -0.15) is 0 Å². The van der Waals surface area contributed by atoms with E-state index >= 15 is 0 Å². The molecule has 6 heteroatoms. The molecule has 3 aromatic rings. The Hall–Kier alpha value is -2.37. The van der Waals surface area contributed by atoms with Gasteiger partial charge in [0.25, 0.3) is 0 Å². The van der Waals surface area contributed by atoms with E-state index in [9.17, 15) is 9.50 Å². The van der Waals surface area contributed by atoms with Crippen LogP contribution in [0.5, 0.6) is 5.75 Å². The van der Waals surface area contributed by atoms with Crippen molar-refractivity contribution in [3.63, 3.8) is 0 Å². The molecule has 4 nitrogen and oxygen atoms in total. The van der Waals surface area contributed by atoms with Crippen LogP contribution < -0.4 is 4.90 Å². The SMILES string of the molecule is CN(C)CC1CCN(c2[c]cnc3ccc(-c4cc(F)c(O)c(Cl)c4)cc23)CC1. The molecule has 151 valence electrons. The molecule has 0 spiro atoms. The lowest BCUT2D eigenvalue weighted by atomic mass is 9.95. The van der Waals surface area contributed by atoms with E-state index in [1.165, 1.54) is 6.07 Å². The highest BCUT2D eigenvalue weighted by Gasteiger charge is 2.21. The van der Waals surface area contributed by atoms with E-state index in [4.69, 9.17) is 11.6 Å². The number of piperidine rings is 1. The van der Waals surface area contributed by atoms with Crippen LogP contribution in [-0.2, 0) is 0 Å². The molecule has 0 saturated carbocycles. The zero-order chi connectivity index (χ0) is 20.5. The molecule has 1 aliphatic heterocycles. The quantitative estimate of drug-likeness (QED) is 0.656. The number of fused-ring (bicyclic) bond motifs is 1. The highest BCUT2D eigenvalue weighted by atomic mass is 35.5. The van der Waals surface area contributed by atoms with Crippen molar-refractivity contribution >= 4 is 28.2 Å². The Morgan fingerprint density at radius 1 is 1.21 bits per heavy atom. The van der Waals surface area contributed by atoms with Gasteiger partial charge in [0.05, 0.1) is 16.2 Å². The third-order valence-electron chi connectivity index (χ3n) is 5.56. The van der Waals surface area contributed by atoms with Gasteiger partial charge in [0, 0.05) is 37.3 Å². The van der Waals surface area contributed by atoms with Crippen LogP contribution in [0.15, 0.2) is 36.5 Å². The number of aromatic nitrogens is 1. The van der Waals surface area contributed by atoms with Crippen LogP contribution in [0, 0.1) is 17.8 Å². The molecular formula is C23H24ClFN3O. The first kappa shape index (κ1) is 19.9. The maximum atomic E-state index is 14.0. The van der Waals surface area contributed by atoms with Gasteiger partial charge in [-0.3, -0.25) is 4.98 Å². The lowest BCUT2D eigenvalue weighted by Gasteiger charge is -2.35. The first-order chi connectivity index (χ1) is 13.9. The molecule has 1 fully saturated rings. The van der Waals surface area contributed by atoms with Crippen LogP contribution in [0.4, 0.5) is 10.1 Å². The molecule has 2 heterocycles. The Bertz CT molecular complexity index is 1010. The molecule has 29 heavy (non-hydrogen) atoms. The van der Waals surface area contributed by atoms with E-state index in [-0.39, 0.29) is 5.02 Å². The maximum Gasteiger partial charge on any atom is 0.170 e. The number of phenols is 1. The zero-order valence-electron chi connectivity index (χ0n) is 16.6. The fraction of sp³-hybridized carbons (Fsp3) is 0.348. The predicted molar refractivity (Wildman–Crippen MR) is 116 cm³/mol. The second kappa shape index (κ2) is 8.17. The van der Waals surface area contributed by atoms with Crippen molar-refractivity contribution in [2.75, 3.05) is 38.6 Å². The summed E-state index contributed by atoms with van der Waals surface area (Å²) in [5.41, 5.74) is 3.35. The van der Waals surface area contributed by atoms with Crippen LogP contribution in [0.2, 0.25) is 5.02 Å². The van der Waals surface area contributed by atoms with Crippen molar-refractivity contribution in [1.29, 1.82) is 0 Å². The molecule has 4 rings (SSSR count). The van der Waals surface area contributed by atoms with E-state index in [1.54, 1.807) is 12.3 Å². The molecule has 0 atom stereocenters. The van der Waals surface area contributed by atoms with Gasteiger partial charge in [-0.05, 0) is 68.2 Å². The van der Waals surface area contributed by atoms with Crippen molar-refractivity contribution < 1.29 is 9.50 Å². The fourth-order valence-corrected chi connectivity index (χ4v) is 4.32. The second-order valence-corrected chi connectivity index (χ2v) is 8.37. The van der Waals surface area contributed by atoms with Gasteiger partial charge in [-0.1, -0.05) is 17.7 Å². The van der Waals surface area contributed by atoms with E-state index in [2.05, 4.69) is 34.9 Å². The summed E-state index contributed by atoms with van der Waals surface area (Å²) in [5.74, 6) is -0.534. The number of hydrogen-bond donors (Lipinski definition) is 1. The molecule has 2 aromatic carbocycles. The summed E-state index contributed by atoms with van der Waals surface area (Å²) < 4.78 is 14.0. The molecule has 1 saturated heterocycles. The van der Waals surface area contributed by atoms with Gasteiger partial charge < -0.3 is 14.9 Å². The first-order valence-electron chi connectivity index (χ1n) is 9.81. The van der Waals surface area contributed by atoms with Gasteiger partial charge in [-0.15, -0.1) is 0 Å². The lowest BCUT2D eigenvalue weighted by molar-refractivity contribution is 0.285. The highest BCUT2D eigenvalue weighted by molar-refractivity contribution is 6.32. The molecule has 1 aromatic heterocycles. The monoisotopic (exact) mass is 412 g/mol. The summed E-state index contributed by atoms with van der Waals surface area (Å²) >= 11 is 5.97. The van der Waals surface area contributed by atoms with Crippen LogP contribution in [0.25, 0.3) is 22.0 Å². The highest BCUT2D eigenvalue weighted by Crippen LogP contribution is 2.35. The number of hydrogen-bond acceptors (Lipinski definition) is 4. The zero-order valence-corrected chi connectivity index (χ0v) is 17.4. The number of anilines is 1. The van der Waals surface area contributed by atoms with Crippen LogP contribution >= 0.6 is 11.6 Å². The minimum absolute atomic E-state index is 0.000957. The molecule has 0 amide bonds. The maximum absolute atomic E-state index is 14.0. The average Bonchev–Trinajstić information content (AvgIpc) is 2.71. The summed E-state index contributed by atoms with van der Waals surface area (Å²) in [6, 6.07) is 12.0. The molecule has 1 radical (unpaired) electrons. The summed E-state index contributed by atoms with van der Waals surface area (Å²) in [6.45, 7) is 3.09. The third-order valence-corrected chi connectivity index (χ3v) is 5.85. The van der Waals surface area contributed by atoms with E-state index < -0.39 is 11.6 Å². The largest absolute Gasteiger partial charge is 0.504 e. The third kappa shape index (κ3) is 4.16. The standard InChI is InChI=1S/C23H24ClFN3O/c1-27(2)14-15-6-9-28(10-7-15)22-5-8-26-21-4-3-16(11-18(21)22)17-12-19(24)23(29)20(25)13-17/h3-4,8,11-13,15,29H,6-7,9-10,14H2,1-2H3. The van der Waals surface area contributed by atoms with E-state index in [0.29, 0.717) is 11.5 Å². The first-order valence-corrected chi connectivity index (χ1v) is 10.2. The number of benzene rings is 2. The fourth-order valence-electron chi connectivity index (χ4n) is 4.11. The van der Waals surface area contributed by atoms with Crippen LogP contribution in [-0.4, -0.2) is 48.7 Å². The van der Waals surface area contributed by atoms with Crippen LogP contribution in [0.1, 0.15) is 12.8 Å². The Kier molecular flexibility index (Phi) is 5.61. The van der Waals surface area contributed by atoms with Crippen LogP contribution in [0.3, 0.4) is 0 Å². The number of rotatable bonds is 4. The molecule has 0 aliphatic carbocycles. The number of nitrogens with zero attached hydrogens (tertiary/aromatic N) is 3. The van der Waals surface area contributed by atoms with Gasteiger partial charge >= 0.3 is 0 Å². The Balaban J connectivity index is 1.67. The van der Waals surface area contributed by atoms with Crippen molar-refractivity contribution in [2.24, 2.45) is 5.92 Å². The van der Waals surface area contributed by atoms with Gasteiger partial charge in [0.1, 0.15) is 0 Å². The predicted octanol–water partition coefficient (Wildman–Crippen LogP) is 4.98. The second-order valence-electron chi connectivity index (χ2n) is 7.96. The Labute approximate surface area is 175 Å². The van der Waals surface area contributed by atoms with Gasteiger partial charge in [-0.25, -0.2) is 4.39 Å². The topological polar surface area (TPSA) is 39.6 Å². The van der Waals surface area contributed by atoms with Gasteiger partial charge in [0.2, 0.25) is 0 Å². The smallest absolute Gasteiger partial charge is 0.170 e. The molecule has 0 bridgehead atoms. The van der Waals surface area contributed by atoms with Crippen molar-refractivity contribution in [1.82, 2.24) is 9.88 Å². The van der Waals surface area contributed by atoms with Crippen molar-refractivity contribution in [2.45, 2.75) is 12.8 Å². The van der Waals surface area contributed by atoms with Crippen molar-refractivity contribution in [3.8, 4) is 16.9 Å². The minimum Gasteiger partial charge on any atom is -0.504 e. The Morgan fingerprint density at radius 2 is 1.97 bits per heavy atom. The molecule has 1 N–H and O–H groups in total. The molecule has 0 unspecified atom stereocenters. The minimum atomic E-state index is -0.728. The summed E-state index contributed by atoms with van der Waals surface area (Å²) in [7, 11) is 4.24. The van der Waals surface area contributed by atoms with E-state index in [1.807, 2.05) is 18.2 Å². The lowest BCUT2D eigenvalue weighted by Crippen LogP contribution is -2.37. The number of aromatic hydroxyl groups is 1. The summed E-state index contributed by atoms with van der Waals surface area (Å²) in [5, 5.41) is 10.6.